The SMILES string of the molecule is CC\C=C/C=C\C=C/C=C\C=C/CCCC(=O)OC(COC(=O)CCC/C=C\C/C=C\C/C=C\CCCCCCCC)COC(=O)CCCC/C=C\C/C=C\CC. The maximum atomic E-state index is 12.7. The van der Waals surface area contributed by atoms with Gasteiger partial charge in [-0.05, 0) is 89.9 Å². The topological polar surface area (TPSA) is 78.9 Å². The fourth-order valence-corrected chi connectivity index (χ4v) is 5.29. The first kappa shape index (κ1) is 52.8. The highest BCUT2D eigenvalue weighted by atomic mass is 16.6. The zero-order chi connectivity index (χ0) is 41.5. The number of hydrogen-bond acceptors (Lipinski definition) is 6. The van der Waals surface area contributed by atoms with Crippen molar-refractivity contribution in [2.24, 2.45) is 0 Å². The molecule has 1 unspecified atom stereocenters. The minimum Gasteiger partial charge on any atom is -0.462 e. The summed E-state index contributed by atoms with van der Waals surface area (Å²) in [5.41, 5.74) is 0. The van der Waals surface area contributed by atoms with Crippen molar-refractivity contribution in [2.45, 2.75) is 168 Å². The van der Waals surface area contributed by atoms with Crippen LogP contribution in [-0.4, -0.2) is 37.2 Å². The van der Waals surface area contributed by atoms with Gasteiger partial charge in [-0.15, -0.1) is 0 Å². The van der Waals surface area contributed by atoms with Gasteiger partial charge >= 0.3 is 17.9 Å². The predicted molar refractivity (Wildman–Crippen MR) is 242 cm³/mol. The first-order chi connectivity index (χ1) is 28.0. The molecule has 0 aliphatic heterocycles. The molecule has 0 amide bonds. The van der Waals surface area contributed by atoms with E-state index in [1.54, 1.807) is 0 Å². The Kier molecular flexibility index (Phi) is 41.3. The molecule has 0 aliphatic rings. The molecule has 0 saturated heterocycles. The third-order valence-corrected chi connectivity index (χ3v) is 8.56. The summed E-state index contributed by atoms with van der Waals surface area (Å²) in [7, 11) is 0. The molecule has 0 bridgehead atoms. The van der Waals surface area contributed by atoms with E-state index in [-0.39, 0.29) is 44.4 Å². The molecule has 0 radical (unpaired) electrons. The van der Waals surface area contributed by atoms with Crippen molar-refractivity contribution in [3.8, 4) is 0 Å². The number of unbranched alkanes of at least 4 members (excludes halogenated alkanes) is 10. The molecule has 1 atom stereocenters. The standard InChI is InChI=1S/C51H78O6/c1-4-7-10-13-16-19-21-23-24-25-26-28-29-32-35-38-41-44-50(53)56-47-48(46-55-49(52)43-40-37-34-31-18-15-12-9-6-3)57-51(54)45-42-39-36-33-30-27-22-20-17-14-11-8-5-2/h8-9,11-12,14,17-18,20,22-24,26-28,30-33,35-36,48H,4-7,10,13,15-16,19,21,25,29,34,37-47H2,1-3H3/b11-8-,12-9-,17-14-,22-20-,24-23-,28-26-,30-27-,31-18-,35-32-,36-33-. The normalized spacial score (nSPS) is 13.2. The van der Waals surface area contributed by atoms with Crippen molar-refractivity contribution in [1.82, 2.24) is 0 Å². The highest BCUT2D eigenvalue weighted by Gasteiger charge is 2.19. The van der Waals surface area contributed by atoms with E-state index >= 15 is 0 Å². The van der Waals surface area contributed by atoms with E-state index in [4.69, 9.17) is 14.2 Å². The average Bonchev–Trinajstić information content (AvgIpc) is 3.21. The van der Waals surface area contributed by atoms with Crippen LogP contribution in [0.4, 0.5) is 0 Å². The van der Waals surface area contributed by atoms with Crippen LogP contribution in [0.1, 0.15) is 162 Å². The van der Waals surface area contributed by atoms with Gasteiger partial charge < -0.3 is 14.2 Å². The molecule has 57 heavy (non-hydrogen) atoms. The highest BCUT2D eigenvalue weighted by molar-refractivity contribution is 5.71. The van der Waals surface area contributed by atoms with Gasteiger partial charge in [-0.3, -0.25) is 14.4 Å². The van der Waals surface area contributed by atoms with Crippen molar-refractivity contribution in [3.63, 3.8) is 0 Å². The number of allylic oxidation sites excluding steroid dienone is 20. The summed E-state index contributed by atoms with van der Waals surface area (Å²) in [6.07, 6.45) is 60.7. The van der Waals surface area contributed by atoms with Crippen molar-refractivity contribution in [3.05, 3.63) is 122 Å². The molecule has 0 aromatic carbocycles. The fraction of sp³-hybridized carbons (Fsp3) is 0.549. The molecule has 6 heteroatoms. The number of esters is 3. The van der Waals surface area contributed by atoms with Gasteiger partial charge in [0, 0.05) is 19.3 Å². The zero-order valence-electron chi connectivity index (χ0n) is 36.0. The fourth-order valence-electron chi connectivity index (χ4n) is 5.29. The number of ether oxygens (including phenoxy) is 3. The van der Waals surface area contributed by atoms with Gasteiger partial charge in [0.05, 0.1) is 0 Å². The van der Waals surface area contributed by atoms with Crippen molar-refractivity contribution >= 4 is 17.9 Å². The second kappa shape index (κ2) is 44.5. The van der Waals surface area contributed by atoms with Crippen molar-refractivity contribution < 1.29 is 28.6 Å². The van der Waals surface area contributed by atoms with Crippen molar-refractivity contribution in [1.29, 1.82) is 0 Å². The molecular weight excluding hydrogens is 709 g/mol. The maximum absolute atomic E-state index is 12.7. The summed E-state index contributed by atoms with van der Waals surface area (Å²) >= 11 is 0. The summed E-state index contributed by atoms with van der Waals surface area (Å²) in [6, 6.07) is 0. The minimum absolute atomic E-state index is 0.144. The monoisotopic (exact) mass is 787 g/mol. The van der Waals surface area contributed by atoms with Crippen LogP contribution in [0.25, 0.3) is 0 Å². The zero-order valence-corrected chi connectivity index (χ0v) is 36.0. The van der Waals surface area contributed by atoms with E-state index in [0.717, 1.165) is 51.4 Å². The summed E-state index contributed by atoms with van der Waals surface area (Å²) < 4.78 is 16.5. The Morgan fingerprint density at radius 1 is 0.386 bits per heavy atom. The lowest BCUT2D eigenvalue weighted by Crippen LogP contribution is -2.30. The van der Waals surface area contributed by atoms with Crippen LogP contribution in [0.15, 0.2) is 122 Å². The molecule has 6 nitrogen and oxygen atoms in total. The van der Waals surface area contributed by atoms with E-state index in [1.165, 1.54) is 44.9 Å². The Bertz CT molecular complexity index is 1270. The van der Waals surface area contributed by atoms with Crippen LogP contribution >= 0.6 is 0 Å². The third-order valence-electron chi connectivity index (χ3n) is 8.56. The molecule has 0 spiro atoms. The molecule has 0 N–H and O–H groups in total. The Labute approximate surface area is 348 Å². The second-order valence-electron chi connectivity index (χ2n) is 14.0. The van der Waals surface area contributed by atoms with E-state index in [0.29, 0.717) is 25.7 Å². The van der Waals surface area contributed by atoms with Gasteiger partial charge in [-0.1, -0.05) is 174 Å². The number of hydrogen-bond donors (Lipinski definition) is 0. The second-order valence-corrected chi connectivity index (χ2v) is 14.0. The van der Waals surface area contributed by atoms with E-state index in [2.05, 4.69) is 87.6 Å². The largest absolute Gasteiger partial charge is 0.462 e. The first-order valence-electron chi connectivity index (χ1n) is 22.1. The van der Waals surface area contributed by atoms with Crippen LogP contribution < -0.4 is 0 Å². The van der Waals surface area contributed by atoms with Gasteiger partial charge in [-0.2, -0.15) is 0 Å². The summed E-state index contributed by atoms with van der Waals surface area (Å²) in [4.78, 5) is 37.6. The lowest BCUT2D eigenvalue weighted by atomic mass is 10.1. The molecule has 0 rings (SSSR count). The Morgan fingerprint density at radius 2 is 0.789 bits per heavy atom. The van der Waals surface area contributed by atoms with Gasteiger partial charge in [0.1, 0.15) is 13.2 Å². The molecule has 0 heterocycles. The van der Waals surface area contributed by atoms with Crippen LogP contribution in [0.3, 0.4) is 0 Å². The van der Waals surface area contributed by atoms with Crippen molar-refractivity contribution in [2.75, 3.05) is 13.2 Å². The van der Waals surface area contributed by atoms with Gasteiger partial charge in [0.2, 0.25) is 0 Å². The Hall–Kier alpha value is -4.19. The molecule has 0 aliphatic carbocycles. The van der Waals surface area contributed by atoms with Crippen LogP contribution in [0.2, 0.25) is 0 Å². The lowest BCUT2D eigenvalue weighted by Gasteiger charge is -2.18. The number of rotatable bonds is 37. The Balaban J connectivity index is 4.60. The summed E-state index contributed by atoms with van der Waals surface area (Å²) in [5, 5.41) is 0. The summed E-state index contributed by atoms with van der Waals surface area (Å²) in [5.74, 6) is -1.12. The smallest absolute Gasteiger partial charge is 0.306 e. The predicted octanol–water partition coefficient (Wildman–Crippen LogP) is 14.2. The number of carbonyl (C=O) groups is 3. The average molecular weight is 787 g/mol. The molecule has 0 aromatic heterocycles. The maximum Gasteiger partial charge on any atom is 0.306 e. The Morgan fingerprint density at radius 3 is 1.35 bits per heavy atom. The molecule has 318 valence electrons. The van der Waals surface area contributed by atoms with E-state index in [9.17, 15) is 14.4 Å². The first-order valence-corrected chi connectivity index (χ1v) is 22.1. The number of carbonyl (C=O) groups excluding carboxylic acids is 3. The molecule has 0 saturated carbocycles. The van der Waals surface area contributed by atoms with Crippen LogP contribution in [0, 0.1) is 0 Å². The lowest BCUT2D eigenvalue weighted by molar-refractivity contribution is -0.167. The van der Waals surface area contributed by atoms with Gasteiger partial charge in [0.15, 0.2) is 6.10 Å². The molecule has 0 aromatic rings. The van der Waals surface area contributed by atoms with Crippen LogP contribution in [0.5, 0.6) is 0 Å². The summed E-state index contributed by atoms with van der Waals surface area (Å²) in [6.45, 7) is 6.18. The van der Waals surface area contributed by atoms with Crippen LogP contribution in [-0.2, 0) is 28.6 Å². The highest BCUT2D eigenvalue weighted by Crippen LogP contribution is 2.09. The van der Waals surface area contributed by atoms with Gasteiger partial charge in [0.25, 0.3) is 0 Å². The molecule has 0 fully saturated rings. The van der Waals surface area contributed by atoms with Gasteiger partial charge in [-0.25, -0.2) is 0 Å². The minimum atomic E-state index is -0.849. The molecular formula is C51H78O6. The van der Waals surface area contributed by atoms with E-state index < -0.39 is 12.1 Å². The third kappa shape index (κ3) is 42.8. The quantitative estimate of drug-likeness (QED) is 0.0205. The van der Waals surface area contributed by atoms with E-state index in [1.807, 2.05) is 54.7 Å².